The average Bonchev–Trinajstić information content (AvgIpc) is 2.78. The van der Waals surface area contributed by atoms with E-state index in [1.165, 1.54) is 12.3 Å². The first-order valence-corrected chi connectivity index (χ1v) is 5.88. The van der Waals surface area contributed by atoms with E-state index < -0.39 is 0 Å². The number of aromatic nitrogens is 4. The Morgan fingerprint density at radius 2 is 2.28 bits per heavy atom. The highest BCUT2D eigenvalue weighted by atomic mass is 19.1. The molecule has 0 aliphatic carbocycles. The number of nitrogens with one attached hydrogen (secondary N) is 1. The lowest BCUT2D eigenvalue weighted by atomic mass is 10.1. The molecule has 0 saturated heterocycles. The molecule has 0 fully saturated rings. The molecule has 18 heavy (non-hydrogen) atoms. The summed E-state index contributed by atoms with van der Waals surface area (Å²) in [5.41, 5.74) is 0.834. The lowest BCUT2D eigenvalue weighted by Gasteiger charge is -2.15. The third-order valence-electron chi connectivity index (χ3n) is 2.83. The zero-order chi connectivity index (χ0) is 13.0. The van der Waals surface area contributed by atoms with Crippen LogP contribution in [-0.2, 0) is 13.6 Å². The average molecular weight is 249 g/mol. The normalized spacial score (nSPS) is 12.6. The Labute approximate surface area is 105 Å². The van der Waals surface area contributed by atoms with E-state index in [0.29, 0.717) is 6.54 Å². The van der Waals surface area contributed by atoms with Gasteiger partial charge in [-0.2, -0.15) is 0 Å². The summed E-state index contributed by atoms with van der Waals surface area (Å²) in [6.07, 6.45) is 3.77. The van der Waals surface area contributed by atoms with Gasteiger partial charge >= 0.3 is 0 Å². The maximum atomic E-state index is 12.8. The minimum atomic E-state index is -0.318. The number of halogens is 1. The number of hydrogen-bond donors (Lipinski definition) is 1. The van der Waals surface area contributed by atoms with Crippen molar-refractivity contribution in [3.8, 4) is 0 Å². The molecule has 0 saturated carbocycles. The minimum absolute atomic E-state index is 0.0855. The highest BCUT2D eigenvalue weighted by Gasteiger charge is 2.11. The summed E-state index contributed by atoms with van der Waals surface area (Å²) in [7, 11) is 1.90. The molecule has 1 unspecified atom stereocenters. The van der Waals surface area contributed by atoms with E-state index in [1.54, 1.807) is 12.4 Å². The second kappa shape index (κ2) is 5.68. The van der Waals surface area contributed by atoms with Crippen molar-refractivity contribution in [3.05, 3.63) is 42.0 Å². The topological polar surface area (TPSA) is 55.6 Å². The molecule has 0 aliphatic rings. The first kappa shape index (κ1) is 12.6. The summed E-state index contributed by atoms with van der Waals surface area (Å²) in [6, 6.07) is 3.21. The van der Waals surface area contributed by atoms with Crippen LogP contribution in [0.3, 0.4) is 0 Å². The molecule has 5 nitrogen and oxygen atoms in total. The van der Waals surface area contributed by atoms with Crippen molar-refractivity contribution in [2.24, 2.45) is 7.05 Å². The van der Waals surface area contributed by atoms with Gasteiger partial charge < -0.3 is 9.88 Å². The van der Waals surface area contributed by atoms with Crippen LogP contribution in [-0.4, -0.2) is 19.7 Å². The summed E-state index contributed by atoms with van der Waals surface area (Å²) < 4.78 is 14.7. The molecular weight excluding hydrogens is 233 g/mol. The fourth-order valence-electron chi connectivity index (χ4n) is 1.73. The Balaban J connectivity index is 2.01. The largest absolute Gasteiger partial charge is 0.320 e. The van der Waals surface area contributed by atoms with Crippen LogP contribution in [0.5, 0.6) is 0 Å². The molecule has 0 aliphatic heterocycles. The van der Waals surface area contributed by atoms with E-state index >= 15 is 0 Å². The molecule has 1 N–H and O–H groups in total. The van der Waals surface area contributed by atoms with Crippen LogP contribution in [0.4, 0.5) is 4.39 Å². The van der Waals surface area contributed by atoms with Gasteiger partial charge in [-0.1, -0.05) is 6.92 Å². The van der Waals surface area contributed by atoms with E-state index in [4.69, 9.17) is 0 Å². The lowest BCUT2D eigenvalue weighted by Crippen LogP contribution is -2.22. The standard InChI is InChI=1S/C12H16FN5/c1-3-10(11-5-4-9(13)6-14-11)15-7-12-17-16-8-18(12)2/h4-6,8,10,15H,3,7H2,1-2H3. The van der Waals surface area contributed by atoms with Crippen molar-refractivity contribution in [3.63, 3.8) is 0 Å². The lowest BCUT2D eigenvalue weighted by molar-refractivity contribution is 0.489. The predicted octanol–water partition coefficient (Wildman–Crippen LogP) is 1.59. The molecule has 0 radical (unpaired) electrons. The fourth-order valence-corrected chi connectivity index (χ4v) is 1.73. The van der Waals surface area contributed by atoms with Crippen LogP contribution in [0.25, 0.3) is 0 Å². The molecule has 0 aromatic carbocycles. The van der Waals surface area contributed by atoms with E-state index in [0.717, 1.165) is 17.9 Å². The molecule has 2 heterocycles. The molecule has 0 bridgehead atoms. The summed E-state index contributed by atoms with van der Waals surface area (Å²) in [5, 5.41) is 11.2. The second-order valence-electron chi connectivity index (χ2n) is 4.10. The first-order valence-electron chi connectivity index (χ1n) is 5.88. The number of rotatable bonds is 5. The number of pyridine rings is 1. The maximum Gasteiger partial charge on any atom is 0.146 e. The Morgan fingerprint density at radius 3 is 2.83 bits per heavy atom. The van der Waals surface area contributed by atoms with E-state index in [2.05, 4.69) is 27.4 Å². The third kappa shape index (κ3) is 2.89. The third-order valence-corrected chi connectivity index (χ3v) is 2.83. The molecule has 96 valence electrons. The first-order chi connectivity index (χ1) is 8.70. The Morgan fingerprint density at radius 1 is 1.44 bits per heavy atom. The number of nitrogens with zero attached hydrogens (tertiary/aromatic N) is 4. The summed E-state index contributed by atoms with van der Waals surface area (Å²) in [6.45, 7) is 2.66. The molecule has 2 rings (SSSR count). The van der Waals surface area contributed by atoms with Crippen molar-refractivity contribution in [1.29, 1.82) is 0 Å². The predicted molar refractivity (Wildman–Crippen MR) is 65.1 cm³/mol. The van der Waals surface area contributed by atoms with Crippen LogP contribution >= 0.6 is 0 Å². The van der Waals surface area contributed by atoms with Crippen molar-refractivity contribution in [1.82, 2.24) is 25.1 Å². The summed E-state index contributed by atoms with van der Waals surface area (Å²) >= 11 is 0. The Hall–Kier alpha value is -1.82. The number of hydrogen-bond acceptors (Lipinski definition) is 4. The monoisotopic (exact) mass is 249 g/mol. The van der Waals surface area contributed by atoms with Crippen LogP contribution in [0.2, 0.25) is 0 Å². The van der Waals surface area contributed by atoms with Crippen molar-refractivity contribution in [2.75, 3.05) is 0 Å². The van der Waals surface area contributed by atoms with Crippen LogP contribution < -0.4 is 5.32 Å². The van der Waals surface area contributed by atoms with Crippen LogP contribution in [0.1, 0.15) is 30.9 Å². The maximum absolute atomic E-state index is 12.8. The van der Waals surface area contributed by atoms with Gasteiger partial charge in [0.2, 0.25) is 0 Å². The zero-order valence-electron chi connectivity index (χ0n) is 10.5. The summed E-state index contributed by atoms with van der Waals surface area (Å²) in [4.78, 5) is 4.09. The second-order valence-corrected chi connectivity index (χ2v) is 4.10. The van der Waals surface area contributed by atoms with E-state index in [1.807, 2.05) is 11.6 Å². The molecule has 2 aromatic heterocycles. The molecule has 2 aromatic rings. The minimum Gasteiger partial charge on any atom is -0.320 e. The van der Waals surface area contributed by atoms with Gasteiger partial charge in [0, 0.05) is 13.1 Å². The number of aryl methyl sites for hydroxylation is 1. The quantitative estimate of drug-likeness (QED) is 0.874. The molecule has 6 heteroatoms. The van der Waals surface area contributed by atoms with Crippen molar-refractivity contribution >= 4 is 0 Å². The Bertz CT molecular complexity index is 493. The van der Waals surface area contributed by atoms with Gasteiger partial charge in [0.25, 0.3) is 0 Å². The van der Waals surface area contributed by atoms with Gasteiger partial charge in [-0.15, -0.1) is 10.2 Å². The zero-order valence-corrected chi connectivity index (χ0v) is 10.5. The SMILES string of the molecule is CCC(NCc1nncn1C)c1ccc(F)cn1. The van der Waals surface area contributed by atoms with Gasteiger partial charge in [-0.3, -0.25) is 4.98 Å². The Kier molecular flexibility index (Phi) is 3.99. The van der Waals surface area contributed by atoms with E-state index in [9.17, 15) is 4.39 Å². The van der Waals surface area contributed by atoms with Gasteiger partial charge in [-0.25, -0.2) is 4.39 Å². The van der Waals surface area contributed by atoms with Gasteiger partial charge in [0.15, 0.2) is 0 Å². The highest BCUT2D eigenvalue weighted by molar-refractivity contribution is 5.09. The van der Waals surface area contributed by atoms with Gasteiger partial charge in [0.05, 0.1) is 18.4 Å². The van der Waals surface area contributed by atoms with Crippen LogP contribution in [0.15, 0.2) is 24.7 Å². The van der Waals surface area contributed by atoms with Gasteiger partial charge in [0.1, 0.15) is 18.0 Å². The molecule has 0 amide bonds. The smallest absolute Gasteiger partial charge is 0.146 e. The molecular formula is C12H16FN5. The van der Waals surface area contributed by atoms with Gasteiger partial charge in [-0.05, 0) is 18.6 Å². The van der Waals surface area contributed by atoms with Crippen molar-refractivity contribution in [2.45, 2.75) is 25.9 Å². The summed E-state index contributed by atoms with van der Waals surface area (Å²) in [5.74, 6) is 0.539. The molecule has 0 spiro atoms. The van der Waals surface area contributed by atoms with Crippen LogP contribution in [0, 0.1) is 5.82 Å². The fraction of sp³-hybridized carbons (Fsp3) is 0.417. The highest BCUT2D eigenvalue weighted by Crippen LogP contribution is 2.14. The van der Waals surface area contributed by atoms with Crippen molar-refractivity contribution < 1.29 is 4.39 Å². The van der Waals surface area contributed by atoms with E-state index in [-0.39, 0.29) is 11.9 Å². The molecule has 1 atom stereocenters.